The fraction of sp³-hybridized carbons (Fsp3) is 0.478. The van der Waals surface area contributed by atoms with E-state index in [1.165, 1.54) is 5.56 Å². The summed E-state index contributed by atoms with van der Waals surface area (Å²) in [6.07, 6.45) is 1.06. The molecule has 3 aliphatic rings. The van der Waals surface area contributed by atoms with E-state index in [1.807, 2.05) is 12.1 Å². The van der Waals surface area contributed by atoms with Crippen molar-refractivity contribution in [1.82, 2.24) is 15.2 Å². The maximum Gasteiger partial charge on any atom is 0.257 e. The number of aliphatic hydroxyl groups is 1. The van der Waals surface area contributed by atoms with Crippen molar-refractivity contribution in [2.75, 3.05) is 26.2 Å². The van der Waals surface area contributed by atoms with Crippen LogP contribution in [-0.2, 0) is 11.3 Å². The Bertz CT molecular complexity index is 905. The Labute approximate surface area is 176 Å². The lowest BCUT2D eigenvalue weighted by Crippen LogP contribution is -2.35. The fourth-order valence-corrected chi connectivity index (χ4v) is 4.67. The van der Waals surface area contributed by atoms with Crippen molar-refractivity contribution in [2.24, 2.45) is 17.8 Å². The van der Waals surface area contributed by atoms with Gasteiger partial charge in [-0.15, -0.1) is 0 Å². The van der Waals surface area contributed by atoms with E-state index in [1.54, 1.807) is 13.1 Å². The first-order chi connectivity index (χ1) is 14.6. The van der Waals surface area contributed by atoms with Gasteiger partial charge in [0.05, 0.1) is 6.10 Å². The standard InChI is InChI=1S/C23H27N3O4/c1-14(27)9-25-22(28)21-17-11-26(12-18(17)21)10-15-4-6-16(7-5-15)20-13-29-19-3-2-8-24-23(19)30-20/h2-8,14,17-18,20-21,27H,9-13H2,1H3,(H,25,28)/t14-,17-,18?,20+,21+/m0/s1. The number of fused-ring (bicyclic) bond motifs is 2. The molecule has 0 bridgehead atoms. The molecule has 5 atom stereocenters. The van der Waals surface area contributed by atoms with Gasteiger partial charge in [-0.3, -0.25) is 9.69 Å². The van der Waals surface area contributed by atoms with E-state index in [2.05, 4.69) is 39.5 Å². The number of hydrogen-bond donors (Lipinski definition) is 2. The Balaban J connectivity index is 1.12. The molecule has 5 rings (SSSR count). The molecule has 2 N–H and O–H groups in total. The molecule has 1 unspecified atom stereocenters. The van der Waals surface area contributed by atoms with Crippen LogP contribution in [0.15, 0.2) is 42.6 Å². The maximum atomic E-state index is 12.2. The van der Waals surface area contributed by atoms with Crippen molar-refractivity contribution in [3.63, 3.8) is 0 Å². The Kier molecular flexibility index (Phi) is 5.08. The van der Waals surface area contributed by atoms with E-state index < -0.39 is 6.10 Å². The molecule has 2 aromatic rings. The lowest BCUT2D eigenvalue weighted by atomic mass is 10.1. The average molecular weight is 409 g/mol. The summed E-state index contributed by atoms with van der Waals surface area (Å²) in [7, 11) is 0. The number of ether oxygens (including phenoxy) is 2. The summed E-state index contributed by atoms with van der Waals surface area (Å²) in [6.45, 7) is 5.31. The highest BCUT2D eigenvalue weighted by Gasteiger charge is 2.59. The van der Waals surface area contributed by atoms with Crippen LogP contribution in [0.4, 0.5) is 0 Å². The number of piperidine rings is 1. The Morgan fingerprint density at radius 2 is 2.03 bits per heavy atom. The summed E-state index contributed by atoms with van der Waals surface area (Å²) >= 11 is 0. The van der Waals surface area contributed by atoms with Crippen LogP contribution in [0.1, 0.15) is 24.2 Å². The summed E-state index contributed by atoms with van der Waals surface area (Å²) in [5.41, 5.74) is 2.33. The number of nitrogens with one attached hydrogen (secondary N) is 1. The zero-order valence-electron chi connectivity index (χ0n) is 17.0. The van der Waals surface area contributed by atoms with Gasteiger partial charge in [-0.2, -0.15) is 0 Å². The van der Waals surface area contributed by atoms with E-state index >= 15 is 0 Å². The molecule has 1 aromatic carbocycles. The molecule has 0 radical (unpaired) electrons. The second-order valence-electron chi connectivity index (χ2n) is 8.61. The topological polar surface area (TPSA) is 83.9 Å². The highest BCUT2D eigenvalue weighted by molar-refractivity contribution is 5.82. The largest absolute Gasteiger partial charge is 0.484 e. The number of aliphatic hydroxyl groups excluding tert-OH is 1. The first kappa shape index (κ1) is 19.3. The van der Waals surface area contributed by atoms with Crippen molar-refractivity contribution < 1.29 is 19.4 Å². The molecule has 0 spiro atoms. The number of carbonyl (C=O) groups excluding carboxylic acids is 1. The van der Waals surface area contributed by atoms with Gasteiger partial charge < -0.3 is 19.9 Å². The van der Waals surface area contributed by atoms with E-state index in [-0.39, 0.29) is 17.9 Å². The van der Waals surface area contributed by atoms with Crippen LogP contribution in [-0.4, -0.2) is 53.2 Å². The molecule has 7 nitrogen and oxygen atoms in total. The lowest BCUT2D eigenvalue weighted by molar-refractivity contribution is -0.123. The van der Waals surface area contributed by atoms with Crippen LogP contribution in [0.25, 0.3) is 0 Å². The molecular formula is C23H27N3O4. The van der Waals surface area contributed by atoms with E-state index in [4.69, 9.17) is 9.47 Å². The van der Waals surface area contributed by atoms with Gasteiger partial charge >= 0.3 is 0 Å². The zero-order chi connectivity index (χ0) is 20.7. The molecule has 1 saturated carbocycles. The van der Waals surface area contributed by atoms with Gasteiger partial charge in [-0.1, -0.05) is 24.3 Å². The third-order valence-electron chi connectivity index (χ3n) is 6.28. The number of nitrogens with zero attached hydrogens (tertiary/aromatic N) is 2. The van der Waals surface area contributed by atoms with Crippen molar-refractivity contribution in [1.29, 1.82) is 0 Å². The molecule has 2 fully saturated rings. The molecule has 1 aromatic heterocycles. The molecule has 7 heteroatoms. The van der Waals surface area contributed by atoms with E-state index in [9.17, 15) is 9.90 Å². The third-order valence-corrected chi connectivity index (χ3v) is 6.28. The normalized spacial score (nSPS) is 27.9. The number of rotatable bonds is 6. The first-order valence-electron chi connectivity index (χ1n) is 10.6. The maximum absolute atomic E-state index is 12.2. The minimum Gasteiger partial charge on any atom is -0.484 e. The molecule has 1 aliphatic carbocycles. The van der Waals surface area contributed by atoms with Gasteiger partial charge in [-0.05, 0) is 42.0 Å². The van der Waals surface area contributed by atoms with Gasteiger partial charge in [-0.25, -0.2) is 4.98 Å². The van der Waals surface area contributed by atoms with Crippen LogP contribution in [0.2, 0.25) is 0 Å². The monoisotopic (exact) mass is 409 g/mol. The average Bonchev–Trinajstić information content (AvgIpc) is 3.27. The number of pyridine rings is 1. The Morgan fingerprint density at radius 1 is 1.27 bits per heavy atom. The van der Waals surface area contributed by atoms with E-state index in [0.717, 1.165) is 25.2 Å². The number of likely N-dealkylation sites (tertiary alicyclic amines) is 1. The fourth-order valence-electron chi connectivity index (χ4n) is 4.67. The highest BCUT2D eigenvalue weighted by atomic mass is 16.6. The van der Waals surface area contributed by atoms with Gasteiger partial charge in [0.25, 0.3) is 5.88 Å². The van der Waals surface area contributed by atoms with Crippen LogP contribution < -0.4 is 14.8 Å². The van der Waals surface area contributed by atoms with Crippen molar-refractivity contribution in [2.45, 2.75) is 25.7 Å². The molecule has 3 heterocycles. The van der Waals surface area contributed by atoms with Gasteiger partial charge in [0.1, 0.15) is 6.61 Å². The van der Waals surface area contributed by atoms with Crippen molar-refractivity contribution in [3.05, 3.63) is 53.7 Å². The molecular weight excluding hydrogens is 382 g/mol. The molecule has 1 saturated heterocycles. The summed E-state index contributed by atoms with van der Waals surface area (Å²) < 4.78 is 11.7. The molecule has 158 valence electrons. The SMILES string of the molecule is C[C@H](O)CNC(=O)[C@H]1C2CN(Cc3ccc([C@H]4COc5cccnc5O4)cc3)C[C@@H]21. The van der Waals surface area contributed by atoms with Crippen LogP contribution >= 0.6 is 0 Å². The predicted molar refractivity (Wildman–Crippen MR) is 110 cm³/mol. The smallest absolute Gasteiger partial charge is 0.257 e. The first-order valence-corrected chi connectivity index (χ1v) is 10.6. The van der Waals surface area contributed by atoms with Gasteiger partial charge in [0.15, 0.2) is 11.9 Å². The second kappa shape index (κ2) is 7.89. The number of aromatic nitrogens is 1. The van der Waals surface area contributed by atoms with Crippen molar-refractivity contribution in [3.8, 4) is 11.6 Å². The highest BCUT2D eigenvalue weighted by Crippen LogP contribution is 2.52. The summed E-state index contributed by atoms with van der Waals surface area (Å²) in [5.74, 6) is 2.37. The van der Waals surface area contributed by atoms with Gasteiger partial charge in [0.2, 0.25) is 5.91 Å². The lowest BCUT2D eigenvalue weighted by Gasteiger charge is -2.26. The second-order valence-corrected chi connectivity index (χ2v) is 8.61. The zero-order valence-corrected chi connectivity index (χ0v) is 17.0. The van der Waals surface area contributed by atoms with Crippen LogP contribution in [0.3, 0.4) is 0 Å². The number of carbonyl (C=O) groups is 1. The summed E-state index contributed by atoms with van der Waals surface area (Å²) in [5, 5.41) is 12.2. The molecule has 2 aliphatic heterocycles. The summed E-state index contributed by atoms with van der Waals surface area (Å²) in [4.78, 5) is 18.8. The molecule has 30 heavy (non-hydrogen) atoms. The third kappa shape index (κ3) is 3.87. The Morgan fingerprint density at radius 3 is 2.77 bits per heavy atom. The number of amides is 1. The van der Waals surface area contributed by atoms with E-state index in [0.29, 0.717) is 36.6 Å². The van der Waals surface area contributed by atoms with Crippen LogP contribution in [0, 0.1) is 17.8 Å². The van der Waals surface area contributed by atoms with Crippen molar-refractivity contribution >= 4 is 5.91 Å². The van der Waals surface area contributed by atoms with Gasteiger partial charge in [0, 0.05) is 38.3 Å². The minimum absolute atomic E-state index is 0.0978. The van der Waals surface area contributed by atoms with Crippen LogP contribution in [0.5, 0.6) is 11.6 Å². The minimum atomic E-state index is -0.497. The number of benzene rings is 1. The summed E-state index contributed by atoms with van der Waals surface area (Å²) in [6, 6.07) is 12.2. The number of hydrogen-bond acceptors (Lipinski definition) is 6. The quantitative estimate of drug-likeness (QED) is 0.757. The Hall–Kier alpha value is -2.64. The molecule has 1 amide bonds. The predicted octanol–water partition coefficient (Wildman–Crippen LogP) is 1.77.